The summed E-state index contributed by atoms with van der Waals surface area (Å²) in [7, 11) is 0. The number of aromatic nitrogens is 1. The third-order valence-corrected chi connectivity index (χ3v) is 4.49. The van der Waals surface area contributed by atoms with Crippen molar-refractivity contribution in [2.45, 2.75) is 25.1 Å². The van der Waals surface area contributed by atoms with Gasteiger partial charge in [0.1, 0.15) is 11.1 Å². The van der Waals surface area contributed by atoms with E-state index in [4.69, 9.17) is 21.1 Å². The van der Waals surface area contributed by atoms with Gasteiger partial charge in [0, 0.05) is 19.2 Å². The number of amides is 1. The van der Waals surface area contributed by atoms with Gasteiger partial charge in [-0.3, -0.25) is 4.79 Å². The molecule has 2 heterocycles. The lowest BCUT2D eigenvalue weighted by Crippen LogP contribution is -2.26. The summed E-state index contributed by atoms with van der Waals surface area (Å²) in [6, 6.07) is 6.30. The Kier molecular flexibility index (Phi) is 6.41. The van der Waals surface area contributed by atoms with E-state index in [0.717, 1.165) is 18.6 Å². The molecule has 9 heteroatoms. The largest absolute Gasteiger partial charge is 0.471 e. The van der Waals surface area contributed by atoms with E-state index < -0.39 is 11.7 Å². The summed E-state index contributed by atoms with van der Waals surface area (Å²) in [5, 5.41) is 2.92. The molecular weight excluding hydrogens is 397 g/mol. The van der Waals surface area contributed by atoms with E-state index >= 15 is 0 Å². The molecule has 2 aromatic rings. The van der Waals surface area contributed by atoms with E-state index in [0.29, 0.717) is 25.2 Å². The molecule has 1 atom stereocenters. The van der Waals surface area contributed by atoms with Crippen molar-refractivity contribution >= 4 is 17.5 Å². The summed E-state index contributed by atoms with van der Waals surface area (Å²) in [6.45, 7) is 1.37. The highest BCUT2D eigenvalue weighted by molar-refractivity contribution is 6.32. The molecule has 0 bridgehead atoms. The van der Waals surface area contributed by atoms with Crippen LogP contribution in [0.4, 0.5) is 13.2 Å². The van der Waals surface area contributed by atoms with Crippen molar-refractivity contribution in [3.8, 4) is 5.88 Å². The van der Waals surface area contributed by atoms with E-state index in [1.54, 1.807) is 0 Å². The minimum atomic E-state index is -4.36. The number of pyridine rings is 1. The van der Waals surface area contributed by atoms with Crippen molar-refractivity contribution < 1.29 is 27.4 Å². The van der Waals surface area contributed by atoms with E-state index in [1.165, 1.54) is 24.4 Å². The van der Waals surface area contributed by atoms with Gasteiger partial charge >= 0.3 is 6.18 Å². The summed E-state index contributed by atoms with van der Waals surface area (Å²) in [6.07, 6.45) is -1.95. The first-order chi connectivity index (χ1) is 13.3. The average Bonchev–Trinajstić information content (AvgIpc) is 3.16. The minimum Gasteiger partial charge on any atom is -0.471 e. The number of halogens is 4. The van der Waals surface area contributed by atoms with Crippen LogP contribution in [0.25, 0.3) is 0 Å². The van der Waals surface area contributed by atoms with Crippen LogP contribution in [0.15, 0.2) is 36.5 Å². The summed E-state index contributed by atoms with van der Waals surface area (Å²) >= 11 is 6.13. The highest BCUT2D eigenvalue weighted by Gasteiger charge is 2.29. The van der Waals surface area contributed by atoms with Gasteiger partial charge in [-0.2, -0.15) is 13.2 Å². The van der Waals surface area contributed by atoms with Crippen LogP contribution in [0.1, 0.15) is 27.9 Å². The summed E-state index contributed by atoms with van der Waals surface area (Å²) in [4.78, 5) is 16.3. The predicted octanol–water partition coefficient (Wildman–Crippen LogP) is 3.89. The molecule has 3 rings (SSSR count). The molecule has 28 heavy (non-hydrogen) atoms. The van der Waals surface area contributed by atoms with Crippen molar-refractivity contribution in [1.29, 1.82) is 0 Å². The zero-order valence-corrected chi connectivity index (χ0v) is 15.5. The van der Waals surface area contributed by atoms with Crippen LogP contribution < -0.4 is 10.1 Å². The summed E-state index contributed by atoms with van der Waals surface area (Å²) in [5.41, 5.74) is 0.256. The number of alkyl halides is 3. The van der Waals surface area contributed by atoms with Crippen molar-refractivity contribution in [2.75, 3.05) is 19.8 Å². The first-order valence-corrected chi connectivity index (χ1v) is 9.05. The van der Waals surface area contributed by atoms with Gasteiger partial charge in [0.15, 0.2) is 0 Å². The van der Waals surface area contributed by atoms with Crippen LogP contribution >= 0.6 is 11.6 Å². The molecule has 0 aliphatic carbocycles. The van der Waals surface area contributed by atoms with Crippen molar-refractivity contribution in [1.82, 2.24) is 10.3 Å². The van der Waals surface area contributed by atoms with Gasteiger partial charge in [0.05, 0.1) is 24.3 Å². The van der Waals surface area contributed by atoms with Gasteiger partial charge in [-0.25, -0.2) is 4.98 Å². The molecular formula is C19H18ClF3N2O3. The maximum Gasteiger partial charge on any atom is 0.416 e. The normalized spacial score (nSPS) is 16.8. The maximum atomic E-state index is 12.6. The topological polar surface area (TPSA) is 60.5 Å². The molecule has 1 aromatic carbocycles. The number of nitrogens with one attached hydrogen (secondary N) is 1. The number of benzene rings is 1. The Bertz CT molecular complexity index is 822. The van der Waals surface area contributed by atoms with Gasteiger partial charge in [-0.1, -0.05) is 23.7 Å². The fraction of sp³-hybridized carbons (Fsp3) is 0.368. The second-order valence-corrected chi connectivity index (χ2v) is 6.72. The zero-order chi connectivity index (χ0) is 20.1. The quantitative estimate of drug-likeness (QED) is 0.779. The van der Waals surface area contributed by atoms with E-state index in [1.807, 2.05) is 0 Å². The number of carbonyl (C=O) groups excluding carboxylic acids is 1. The van der Waals surface area contributed by atoms with Gasteiger partial charge in [0.25, 0.3) is 5.91 Å². The van der Waals surface area contributed by atoms with Crippen LogP contribution in [0.5, 0.6) is 5.88 Å². The summed E-state index contributed by atoms with van der Waals surface area (Å²) in [5.74, 6) is -0.129. The van der Waals surface area contributed by atoms with Gasteiger partial charge < -0.3 is 14.8 Å². The third kappa shape index (κ3) is 5.36. The van der Waals surface area contributed by atoms with Crippen LogP contribution in [0, 0.1) is 0 Å². The van der Waals surface area contributed by atoms with Gasteiger partial charge in [0.2, 0.25) is 5.88 Å². The van der Waals surface area contributed by atoms with Crippen LogP contribution in [-0.2, 0) is 17.3 Å². The van der Waals surface area contributed by atoms with Crippen molar-refractivity contribution in [3.05, 3.63) is 58.2 Å². The molecule has 0 radical (unpaired) electrons. The Morgan fingerprint density at radius 1 is 1.32 bits per heavy atom. The van der Waals surface area contributed by atoms with E-state index in [2.05, 4.69) is 10.3 Å². The molecule has 0 saturated carbocycles. The van der Waals surface area contributed by atoms with E-state index in [9.17, 15) is 18.0 Å². The molecule has 1 aliphatic rings. The molecule has 1 N–H and O–H groups in total. The average molecular weight is 415 g/mol. The number of nitrogens with zero attached hydrogens (tertiary/aromatic N) is 1. The second-order valence-electron chi connectivity index (χ2n) is 6.32. The summed E-state index contributed by atoms with van der Waals surface area (Å²) < 4.78 is 48.5. The maximum absolute atomic E-state index is 12.6. The standard InChI is InChI=1S/C19H18ClF3N2O3/c20-16-9-13(10-25-18(16)28-15-6-8-27-11-15)17(26)24-7-5-12-1-3-14(4-2-12)19(21,22)23/h1-4,9-10,15H,5-8,11H2,(H,24,26)/t15-/m1/s1. The first-order valence-electron chi connectivity index (χ1n) is 8.67. The number of rotatable bonds is 6. The number of ether oxygens (including phenoxy) is 2. The molecule has 0 spiro atoms. The lowest BCUT2D eigenvalue weighted by molar-refractivity contribution is -0.137. The van der Waals surface area contributed by atoms with Gasteiger partial charge in [-0.15, -0.1) is 0 Å². The minimum absolute atomic E-state index is 0.103. The van der Waals surface area contributed by atoms with Gasteiger partial charge in [-0.05, 0) is 30.2 Å². The molecule has 1 fully saturated rings. The smallest absolute Gasteiger partial charge is 0.416 e. The highest BCUT2D eigenvalue weighted by atomic mass is 35.5. The van der Waals surface area contributed by atoms with Crippen molar-refractivity contribution in [3.63, 3.8) is 0 Å². The SMILES string of the molecule is O=C(NCCc1ccc(C(F)(F)F)cc1)c1cnc(O[C@@H]2CCOC2)c(Cl)c1. The third-order valence-electron chi connectivity index (χ3n) is 4.22. The number of hydrogen-bond acceptors (Lipinski definition) is 4. The zero-order valence-electron chi connectivity index (χ0n) is 14.8. The predicted molar refractivity (Wildman–Crippen MR) is 96.6 cm³/mol. The Morgan fingerprint density at radius 3 is 2.68 bits per heavy atom. The number of hydrogen-bond donors (Lipinski definition) is 1. The lowest BCUT2D eigenvalue weighted by Gasteiger charge is -2.12. The van der Waals surface area contributed by atoms with Crippen LogP contribution in [-0.4, -0.2) is 36.8 Å². The number of carbonyl (C=O) groups is 1. The highest BCUT2D eigenvalue weighted by Crippen LogP contribution is 2.29. The van der Waals surface area contributed by atoms with Crippen LogP contribution in [0.3, 0.4) is 0 Å². The van der Waals surface area contributed by atoms with Crippen molar-refractivity contribution in [2.24, 2.45) is 0 Å². The Hall–Kier alpha value is -2.32. The Balaban J connectivity index is 1.51. The van der Waals surface area contributed by atoms with Crippen LogP contribution in [0.2, 0.25) is 5.02 Å². The monoisotopic (exact) mass is 414 g/mol. The Labute approximate surface area is 164 Å². The van der Waals surface area contributed by atoms with E-state index in [-0.39, 0.29) is 35.0 Å². The molecule has 1 saturated heterocycles. The Morgan fingerprint density at radius 2 is 2.07 bits per heavy atom. The molecule has 5 nitrogen and oxygen atoms in total. The molecule has 1 amide bonds. The lowest BCUT2D eigenvalue weighted by atomic mass is 10.1. The molecule has 0 unspecified atom stereocenters. The second kappa shape index (κ2) is 8.79. The molecule has 1 aromatic heterocycles. The fourth-order valence-corrected chi connectivity index (χ4v) is 2.89. The first kappa shape index (κ1) is 20.4. The fourth-order valence-electron chi connectivity index (χ4n) is 2.68. The molecule has 150 valence electrons. The molecule has 1 aliphatic heterocycles.